The molecule has 0 aliphatic rings. The molecule has 0 heterocycles. The Hall–Kier alpha value is -3.28. The number of hydrogen-bond acceptors (Lipinski definition) is 9. The van der Waals surface area contributed by atoms with E-state index in [1.165, 1.54) is 12.1 Å². The quantitative estimate of drug-likeness (QED) is 0.212. The lowest BCUT2D eigenvalue weighted by Crippen LogP contribution is -2.49. The number of carbonyl (C=O) groups is 3. The molecule has 146 valence electrons. The number of halogens is 1. The largest absolute Gasteiger partial charge is 0.467 e. The topological polar surface area (TPSA) is 158 Å². The summed E-state index contributed by atoms with van der Waals surface area (Å²) in [7, 11) is 1.05. The molecule has 12 nitrogen and oxygen atoms in total. The van der Waals surface area contributed by atoms with Crippen LogP contribution in [-0.2, 0) is 14.3 Å². The summed E-state index contributed by atoms with van der Waals surface area (Å²) in [6.45, 7) is -0.810. The number of nitroso groups, excluding NO2 is 1. The highest BCUT2D eigenvalue weighted by Crippen LogP contribution is 2.12. The predicted octanol–water partition coefficient (Wildman–Crippen LogP) is 1.22. The Morgan fingerprint density at radius 1 is 1.33 bits per heavy atom. The number of ether oxygens (including phenoxy) is 2. The Morgan fingerprint density at radius 3 is 2.44 bits per heavy atom. The summed E-state index contributed by atoms with van der Waals surface area (Å²) >= 11 is 5.42. The van der Waals surface area contributed by atoms with Crippen LogP contribution in [-0.4, -0.2) is 60.1 Å². The molecule has 2 amide bonds. The van der Waals surface area contributed by atoms with Crippen LogP contribution in [0.25, 0.3) is 0 Å². The number of rotatable bonds is 9. The molecule has 0 spiro atoms. The number of amides is 2. The first-order valence-corrected chi connectivity index (χ1v) is 7.84. The number of non-ortho nitro benzene ring substituents is 1. The third kappa shape index (κ3) is 6.51. The summed E-state index contributed by atoms with van der Waals surface area (Å²) in [4.78, 5) is 56.1. The highest BCUT2D eigenvalue weighted by molar-refractivity contribution is 6.18. The number of esters is 2. The van der Waals surface area contributed by atoms with Crippen molar-refractivity contribution in [1.29, 1.82) is 0 Å². The number of hydrogen-bond donors (Lipinski definition) is 1. The molecular formula is C14H15ClN4O8. The Morgan fingerprint density at radius 2 is 1.96 bits per heavy atom. The highest BCUT2D eigenvalue weighted by Gasteiger charge is 2.26. The molecule has 0 unspecified atom stereocenters. The van der Waals surface area contributed by atoms with Crippen molar-refractivity contribution in [3.63, 3.8) is 0 Å². The minimum atomic E-state index is -1.41. The Balaban J connectivity index is 2.75. The zero-order valence-electron chi connectivity index (χ0n) is 14.0. The number of nitrogens with zero attached hydrogens (tertiary/aromatic N) is 3. The van der Waals surface area contributed by atoms with Crippen LogP contribution >= 0.6 is 11.6 Å². The number of carbonyl (C=O) groups excluding carboxylic acids is 3. The number of benzene rings is 1. The van der Waals surface area contributed by atoms with Crippen molar-refractivity contribution < 1.29 is 28.8 Å². The average Bonchev–Trinajstić information content (AvgIpc) is 2.68. The van der Waals surface area contributed by atoms with Gasteiger partial charge in [0.15, 0.2) is 6.04 Å². The molecule has 1 N–H and O–H groups in total. The standard InChI is InChI=1S/C14H15ClN4O8/c1-26-13(21)11(16-14(22)18(17-23)7-6-15)8-27-12(20)9-2-4-10(5-3-9)19(24)25/h2-5,11H,6-8H2,1H3,(H,16,22)/t11-/m0/s1. The van der Waals surface area contributed by atoms with Crippen molar-refractivity contribution in [2.24, 2.45) is 5.29 Å². The van der Waals surface area contributed by atoms with E-state index >= 15 is 0 Å². The van der Waals surface area contributed by atoms with Gasteiger partial charge in [0.2, 0.25) is 0 Å². The first kappa shape index (κ1) is 21.8. The number of urea groups is 1. The van der Waals surface area contributed by atoms with E-state index < -0.39 is 35.5 Å². The third-order valence-electron chi connectivity index (χ3n) is 3.11. The van der Waals surface area contributed by atoms with Crippen LogP contribution < -0.4 is 5.32 Å². The number of nitro groups is 1. The second-order valence-corrected chi connectivity index (χ2v) is 5.20. The van der Waals surface area contributed by atoms with Gasteiger partial charge in [-0.25, -0.2) is 14.4 Å². The summed E-state index contributed by atoms with van der Waals surface area (Å²) in [5.41, 5.74) is -0.221. The van der Waals surface area contributed by atoms with Crippen molar-refractivity contribution in [2.75, 3.05) is 26.1 Å². The lowest BCUT2D eigenvalue weighted by Gasteiger charge is -2.19. The SMILES string of the molecule is COC(=O)[C@H](COC(=O)c1ccc([N+](=O)[O-])cc1)NC(=O)N(CCCl)N=O. The van der Waals surface area contributed by atoms with E-state index in [-0.39, 0.29) is 23.7 Å². The van der Waals surface area contributed by atoms with Gasteiger partial charge in [0.25, 0.3) is 5.69 Å². The molecule has 0 fully saturated rings. The maximum atomic E-state index is 12.0. The molecule has 0 radical (unpaired) electrons. The van der Waals surface area contributed by atoms with Gasteiger partial charge in [0.1, 0.15) is 6.61 Å². The molecular weight excluding hydrogens is 388 g/mol. The van der Waals surface area contributed by atoms with Gasteiger partial charge in [0.05, 0.1) is 29.4 Å². The lowest BCUT2D eigenvalue weighted by atomic mass is 10.2. The number of nitrogens with one attached hydrogen (secondary N) is 1. The lowest BCUT2D eigenvalue weighted by molar-refractivity contribution is -0.384. The molecule has 1 atom stereocenters. The number of methoxy groups -OCH3 is 1. The minimum Gasteiger partial charge on any atom is -0.467 e. The molecule has 0 aliphatic heterocycles. The second kappa shape index (κ2) is 10.7. The van der Waals surface area contributed by atoms with Crippen molar-refractivity contribution in [1.82, 2.24) is 10.3 Å². The molecule has 1 rings (SSSR count). The maximum Gasteiger partial charge on any atom is 0.341 e. The average molecular weight is 403 g/mol. The van der Waals surface area contributed by atoms with Crippen molar-refractivity contribution in [3.05, 3.63) is 44.9 Å². The summed E-state index contributed by atoms with van der Waals surface area (Å²) in [5, 5.41) is 15.6. The van der Waals surface area contributed by atoms with Gasteiger partial charge in [-0.1, -0.05) is 0 Å². The van der Waals surface area contributed by atoms with Gasteiger partial charge in [-0.15, -0.1) is 16.5 Å². The van der Waals surface area contributed by atoms with Gasteiger partial charge in [-0.2, -0.15) is 5.01 Å². The fourth-order valence-corrected chi connectivity index (χ4v) is 1.92. The monoisotopic (exact) mass is 402 g/mol. The number of alkyl halides is 1. The van der Waals surface area contributed by atoms with E-state index in [0.29, 0.717) is 5.01 Å². The van der Waals surface area contributed by atoms with Crippen LogP contribution in [0.1, 0.15) is 10.4 Å². The molecule has 1 aromatic rings. The van der Waals surface area contributed by atoms with Gasteiger partial charge in [-0.3, -0.25) is 10.1 Å². The van der Waals surface area contributed by atoms with Crippen molar-refractivity contribution in [2.45, 2.75) is 6.04 Å². The Labute approximate surface area is 157 Å². The maximum absolute atomic E-state index is 12.0. The van der Waals surface area contributed by atoms with Gasteiger partial charge in [-0.05, 0) is 12.1 Å². The van der Waals surface area contributed by atoms with Gasteiger partial charge < -0.3 is 14.8 Å². The third-order valence-corrected chi connectivity index (χ3v) is 3.28. The fraction of sp³-hybridized carbons (Fsp3) is 0.357. The van der Waals surface area contributed by atoms with E-state index in [4.69, 9.17) is 16.3 Å². The van der Waals surface area contributed by atoms with E-state index in [9.17, 15) is 29.4 Å². The fourth-order valence-electron chi connectivity index (χ4n) is 1.76. The Kier molecular flexibility index (Phi) is 8.59. The van der Waals surface area contributed by atoms with Crippen molar-refractivity contribution in [3.8, 4) is 0 Å². The molecule has 1 aromatic carbocycles. The van der Waals surface area contributed by atoms with Crippen LogP contribution in [0.2, 0.25) is 0 Å². The summed E-state index contributed by atoms with van der Waals surface area (Å²) in [6.07, 6.45) is 0. The van der Waals surface area contributed by atoms with Gasteiger partial charge >= 0.3 is 18.0 Å². The molecule has 13 heteroatoms. The molecule has 0 saturated heterocycles. The molecule has 27 heavy (non-hydrogen) atoms. The summed E-state index contributed by atoms with van der Waals surface area (Å²) in [6, 6.07) is 2.11. The number of nitro benzene ring substituents is 1. The van der Waals surface area contributed by atoms with Crippen LogP contribution in [0, 0.1) is 15.0 Å². The van der Waals surface area contributed by atoms with E-state index in [1.54, 1.807) is 0 Å². The van der Waals surface area contributed by atoms with Crippen LogP contribution in [0.5, 0.6) is 0 Å². The predicted molar refractivity (Wildman–Crippen MR) is 90.9 cm³/mol. The normalized spacial score (nSPS) is 11.0. The van der Waals surface area contributed by atoms with Crippen LogP contribution in [0.15, 0.2) is 29.6 Å². The summed E-state index contributed by atoms with van der Waals surface area (Å²) < 4.78 is 9.40. The summed E-state index contributed by atoms with van der Waals surface area (Å²) in [5.74, 6) is -1.90. The van der Waals surface area contributed by atoms with E-state index in [0.717, 1.165) is 19.2 Å². The second-order valence-electron chi connectivity index (χ2n) is 4.82. The first-order valence-electron chi connectivity index (χ1n) is 7.30. The molecule has 0 bridgehead atoms. The molecule has 0 aromatic heterocycles. The zero-order valence-corrected chi connectivity index (χ0v) is 14.7. The molecule has 0 saturated carbocycles. The highest BCUT2D eigenvalue weighted by atomic mass is 35.5. The zero-order chi connectivity index (χ0) is 20.4. The molecule has 0 aliphatic carbocycles. The van der Waals surface area contributed by atoms with E-state index in [1.807, 2.05) is 0 Å². The first-order chi connectivity index (χ1) is 12.8. The van der Waals surface area contributed by atoms with Crippen molar-refractivity contribution >= 4 is 35.3 Å². The van der Waals surface area contributed by atoms with Crippen LogP contribution in [0.3, 0.4) is 0 Å². The van der Waals surface area contributed by atoms with E-state index in [2.05, 4.69) is 15.3 Å². The van der Waals surface area contributed by atoms with Gasteiger partial charge in [0, 0.05) is 18.0 Å². The Bertz CT molecular complexity index is 712. The minimum absolute atomic E-state index is 0.00568. The van der Waals surface area contributed by atoms with Crippen LogP contribution in [0.4, 0.5) is 10.5 Å². The smallest absolute Gasteiger partial charge is 0.341 e.